The van der Waals surface area contributed by atoms with Gasteiger partial charge in [-0.3, -0.25) is 0 Å². The Labute approximate surface area is 118 Å². The number of hydrogen-bond acceptors (Lipinski definition) is 3. The maximum Gasteiger partial charge on any atom is 0.241 e. The van der Waals surface area contributed by atoms with Gasteiger partial charge in [0.15, 0.2) is 0 Å². The van der Waals surface area contributed by atoms with Gasteiger partial charge in [-0.1, -0.05) is 36.4 Å². The number of sulfonamides is 1. The van der Waals surface area contributed by atoms with Crippen LogP contribution < -0.4 is 4.72 Å². The third kappa shape index (κ3) is 2.70. The van der Waals surface area contributed by atoms with E-state index in [0.717, 1.165) is 18.2 Å². The lowest BCUT2D eigenvalue weighted by atomic mass is 10.1. The average Bonchev–Trinajstić information content (AvgIpc) is 3.29. The lowest BCUT2D eigenvalue weighted by Crippen LogP contribution is -2.33. The van der Waals surface area contributed by atoms with E-state index >= 15 is 0 Å². The Kier molecular flexibility index (Phi) is 3.50. The van der Waals surface area contributed by atoms with Crippen LogP contribution in [0.25, 0.3) is 10.8 Å². The second-order valence-corrected chi connectivity index (χ2v) is 6.97. The predicted octanol–water partition coefficient (Wildman–Crippen LogP) is 1.89. The number of benzene rings is 2. The predicted molar refractivity (Wildman–Crippen MR) is 77.9 cm³/mol. The highest BCUT2D eigenvalue weighted by Gasteiger charge is 2.30. The zero-order valence-electron chi connectivity index (χ0n) is 11.0. The molecule has 0 heterocycles. The lowest BCUT2D eigenvalue weighted by molar-refractivity contribution is 0.155. The molecule has 0 aromatic heterocycles. The van der Waals surface area contributed by atoms with Crippen molar-refractivity contribution in [2.24, 2.45) is 5.92 Å². The molecule has 5 heteroatoms. The van der Waals surface area contributed by atoms with E-state index in [9.17, 15) is 13.5 Å². The van der Waals surface area contributed by atoms with Crippen LogP contribution in [0.4, 0.5) is 0 Å². The van der Waals surface area contributed by atoms with E-state index in [0.29, 0.717) is 5.39 Å². The first-order valence-corrected chi connectivity index (χ1v) is 8.22. The van der Waals surface area contributed by atoms with Crippen LogP contribution in [0.1, 0.15) is 12.8 Å². The molecule has 1 atom stereocenters. The first-order chi connectivity index (χ1) is 9.58. The highest BCUT2D eigenvalue weighted by molar-refractivity contribution is 7.89. The van der Waals surface area contributed by atoms with Crippen molar-refractivity contribution in [1.82, 2.24) is 4.72 Å². The number of aliphatic hydroxyl groups excluding tert-OH is 1. The van der Waals surface area contributed by atoms with Gasteiger partial charge in [-0.05, 0) is 30.2 Å². The van der Waals surface area contributed by atoms with E-state index < -0.39 is 16.1 Å². The molecule has 0 saturated heterocycles. The molecule has 1 aliphatic carbocycles. The maximum atomic E-state index is 12.4. The van der Waals surface area contributed by atoms with E-state index in [1.165, 1.54) is 0 Å². The van der Waals surface area contributed by atoms with Crippen LogP contribution in [0.2, 0.25) is 0 Å². The average molecular weight is 291 g/mol. The van der Waals surface area contributed by atoms with Gasteiger partial charge in [0.25, 0.3) is 0 Å². The molecule has 1 unspecified atom stereocenters. The first kappa shape index (κ1) is 13.5. The first-order valence-electron chi connectivity index (χ1n) is 6.73. The summed E-state index contributed by atoms with van der Waals surface area (Å²) in [6, 6.07) is 12.6. The topological polar surface area (TPSA) is 66.4 Å². The molecule has 106 valence electrons. The van der Waals surface area contributed by atoms with Crippen LogP contribution in [0.3, 0.4) is 0 Å². The number of aliphatic hydroxyl groups is 1. The fourth-order valence-electron chi connectivity index (χ4n) is 2.35. The molecule has 1 saturated carbocycles. The number of nitrogens with one attached hydrogen (secondary N) is 1. The molecular weight excluding hydrogens is 274 g/mol. The fraction of sp³-hybridized carbons (Fsp3) is 0.333. The van der Waals surface area contributed by atoms with Gasteiger partial charge in [0.2, 0.25) is 10.0 Å². The summed E-state index contributed by atoms with van der Waals surface area (Å²) in [6.07, 6.45) is 1.38. The smallest absolute Gasteiger partial charge is 0.241 e. The highest BCUT2D eigenvalue weighted by atomic mass is 32.2. The normalized spacial score (nSPS) is 17.2. The Morgan fingerprint density at radius 3 is 2.60 bits per heavy atom. The molecule has 0 radical (unpaired) electrons. The lowest BCUT2D eigenvalue weighted by Gasteiger charge is -2.12. The van der Waals surface area contributed by atoms with Gasteiger partial charge < -0.3 is 5.11 Å². The van der Waals surface area contributed by atoms with Crippen molar-refractivity contribution in [2.75, 3.05) is 6.54 Å². The number of fused-ring (bicyclic) bond motifs is 1. The Balaban J connectivity index is 1.88. The number of hydrogen-bond donors (Lipinski definition) is 2. The van der Waals surface area contributed by atoms with E-state index in [1.54, 1.807) is 18.2 Å². The molecule has 2 aromatic carbocycles. The molecule has 1 fully saturated rings. The van der Waals surface area contributed by atoms with Gasteiger partial charge in [0.1, 0.15) is 0 Å². The summed E-state index contributed by atoms with van der Waals surface area (Å²) < 4.78 is 27.3. The molecule has 20 heavy (non-hydrogen) atoms. The highest BCUT2D eigenvalue weighted by Crippen LogP contribution is 2.32. The fourth-order valence-corrected chi connectivity index (χ4v) is 3.63. The molecule has 3 rings (SSSR count). The van der Waals surface area contributed by atoms with E-state index in [-0.39, 0.29) is 17.4 Å². The van der Waals surface area contributed by atoms with Crippen molar-refractivity contribution in [3.8, 4) is 0 Å². The van der Waals surface area contributed by atoms with Crippen LogP contribution in [0.15, 0.2) is 47.4 Å². The van der Waals surface area contributed by atoms with Gasteiger partial charge in [0.05, 0.1) is 11.0 Å². The summed E-state index contributed by atoms with van der Waals surface area (Å²) in [6.45, 7) is 0.0796. The van der Waals surface area contributed by atoms with E-state index in [1.807, 2.05) is 24.3 Å². The molecular formula is C15H17NO3S. The third-order valence-electron chi connectivity index (χ3n) is 3.69. The Morgan fingerprint density at radius 1 is 1.15 bits per heavy atom. The van der Waals surface area contributed by atoms with Crippen molar-refractivity contribution in [3.05, 3.63) is 42.5 Å². The van der Waals surface area contributed by atoms with Gasteiger partial charge in [-0.25, -0.2) is 13.1 Å². The van der Waals surface area contributed by atoms with Crippen molar-refractivity contribution < 1.29 is 13.5 Å². The minimum atomic E-state index is -3.60. The van der Waals surface area contributed by atoms with Crippen LogP contribution in [0.5, 0.6) is 0 Å². The molecule has 4 nitrogen and oxygen atoms in total. The number of rotatable bonds is 5. The zero-order chi connectivity index (χ0) is 14.2. The van der Waals surface area contributed by atoms with Gasteiger partial charge in [0, 0.05) is 11.9 Å². The molecule has 0 aliphatic heterocycles. The second kappa shape index (κ2) is 5.16. The quantitative estimate of drug-likeness (QED) is 0.884. The molecule has 0 bridgehead atoms. The Bertz CT molecular complexity index is 717. The monoisotopic (exact) mass is 291 g/mol. The Morgan fingerprint density at radius 2 is 1.85 bits per heavy atom. The third-order valence-corrected chi connectivity index (χ3v) is 5.17. The summed E-state index contributed by atoms with van der Waals surface area (Å²) in [5.41, 5.74) is 0. The molecule has 2 N–H and O–H groups in total. The summed E-state index contributed by atoms with van der Waals surface area (Å²) >= 11 is 0. The maximum absolute atomic E-state index is 12.4. The van der Waals surface area contributed by atoms with Crippen LogP contribution in [0, 0.1) is 5.92 Å². The molecule has 1 aliphatic rings. The standard InChI is InChI=1S/C15H17NO3S/c17-14(12-8-9-12)10-16-20(18,19)15-7-3-5-11-4-1-2-6-13(11)15/h1-7,12,14,16-17H,8-10H2. The SMILES string of the molecule is O=S(=O)(NCC(O)C1CC1)c1cccc2ccccc12. The molecule has 0 spiro atoms. The van der Waals surface area contributed by atoms with Crippen molar-refractivity contribution in [1.29, 1.82) is 0 Å². The van der Waals surface area contributed by atoms with Crippen LogP contribution >= 0.6 is 0 Å². The summed E-state index contributed by atoms with van der Waals surface area (Å²) in [5, 5.41) is 11.4. The minimum absolute atomic E-state index is 0.0796. The summed E-state index contributed by atoms with van der Waals surface area (Å²) in [4.78, 5) is 0.263. The Hall–Kier alpha value is -1.43. The summed E-state index contributed by atoms with van der Waals surface area (Å²) in [7, 11) is -3.60. The van der Waals surface area contributed by atoms with Crippen LogP contribution in [-0.4, -0.2) is 26.2 Å². The van der Waals surface area contributed by atoms with Crippen LogP contribution in [-0.2, 0) is 10.0 Å². The largest absolute Gasteiger partial charge is 0.391 e. The van der Waals surface area contributed by atoms with Crippen molar-refractivity contribution in [2.45, 2.75) is 23.8 Å². The van der Waals surface area contributed by atoms with E-state index in [2.05, 4.69) is 4.72 Å². The molecule has 2 aromatic rings. The second-order valence-electron chi connectivity index (χ2n) is 5.23. The van der Waals surface area contributed by atoms with Crippen molar-refractivity contribution >= 4 is 20.8 Å². The molecule has 0 amide bonds. The van der Waals surface area contributed by atoms with E-state index in [4.69, 9.17) is 0 Å². The van der Waals surface area contributed by atoms with Crippen molar-refractivity contribution in [3.63, 3.8) is 0 Å². The summed E-state index contributed by atoms with van der Waals surface area (Å²) in [5.74, 6) is 0.255. The van der Waals surface area contributed by atoms with Gasteiger partial charge in [-0.2, -0.15) is 0 Å². The van der Waals surface area contributed by atoms with Gasteiger partial charge in [-0.15, -0.1) is 0 Å². The zero-order valence-corrected chi connectivity index (χ0v) is 11.8. The minimum Gasteiger partial charge on any atom is -0.391 e. The van der Waals surface area contributed by atoms with Gasteiger partial charge >= 0.3 is 0 Å².